The zero-order valence-electron chi connectivity index (χ0n) is 11.9. The van der Waals surface area contributed by atoms with E-state index in [1.54, 1.807) is 6.42 Å². The average Bonchev–Trinajstić information content (AvgIpc) is 2.88. The van der Waals surface area contributed by atoms with Gasteiger partial charge < -0.3 is 5.32 Å². The number of likely N-dealkylation sites (N-methyl/N-ethyl adjacent to an activating group) is 1. The number of aromatic nitrogens is 1. The van der Waals surface area contributed by atoms with Crippen LogP contribution in [0.2, 0.25) is 0 Å². The van der Waals surface area contributed by atoms with E-state index >= 15 is 0 Å². The van der Waals surface area contributed by atoms with Gasteiger partial charge in [0.1, 0.15) is 0 Å². The Hall–Kier alpha value is -0.890. The molecule has 6 unspecified atom stereocenters. The SMILES string of the molecule is CNC(C(C)c1ccncc1)C1C2C3CCC(C3)C21. The summed E-state index contributed by atoms with van der Waals surface area (Å²) in [5.41, 5.74) is 1.44. The van der Waals surface area contributed by atoms with Crippen LogP contribution in [0.25, 0.3) is 0 Å². The van der Waals surface area contributed by atoms with Crippen LogP contribution in [0.5, 0.6) is 0 Å². The van der Waals surface area contributed by atoms with Crippen molar-refractivity contribution in [2.75, 3.05) is 7.05 Å². The van der Waals surface area contributed by atoms with Gasteiger partial charge in [-0.2, -0.15) is 0 Å². The molecule has 3 fully saturated rings. The van der Waals surface area contributed by atoms with Crippen molar-refractivity contribution in [2.45, 2.75) is 38.1 Å². The molecule has 4 rings (SSSR count). The van der Waals surface area contributed by atoms with Gasteiger partial charge in [-0.15, -0.1) is 0 Å². The molecular weight excluding hydrogens is 232 g/mol. The van der Waals surface area contributed by atoms with E-state index < -0.39 is 0 Å². The Kier molecular flexibility index (Phi) is 2.70. The summed E-state index contributed by atoms with van der Waals surface area (Å²) in [7, 11) is 2.15. The highest BCUT2D eigenvalue weighted by molar-refractivity contribution is 5.23. The van der Waals surface area contributed by atoms with Crippen LogP contribution in [0.4, 0.5) is 0 Å². The van der Waals surface area contributed by atoms with Gasteiger partial charge in [0.2, 0.25) is 0 Å². The van der Waals surface area contributed by atoms with Crippen LogP contribution in [-0.2, 0) is 0 Å². The summed E-state index contributed by atoms with van der Waals surface area (Å²) >= 11 is 0. The smallest absolute Gasteiger partial charge is 0.0270 e. The largest absolute Gasteiger partial charge is 0.316 e. The third-order valence-electron chi connectivity index (χ3n) is 6.31. The average molecular weight is 256 g/mol. The van der Waals surface area contributed by atoms with Crippen molar-refractivity contribution in [2.24, 2.45) is 29.6 Å². The van der Waals surface area contributed by atoms with E-state index in [1.807, 2.05) is 12.4 Å². The number of rotatable bonds is 4. The number of nitrogens with zero attached hydrogens (tertiary/aromatic N) is 1. The van der Waals surface area contributed by atoms with E-state index in [0.717, 1.165) is 29.6 Å². The van der Waals surface area contributed by atoms with E-state index in [-0.39, 0.29) is 0 Å². The molecule has 2 nitrogen and oxygen atoms in total. The number of fused-ring (bicyclic) bond motifs is 5. The fourth-order valence-electron chi connectivity index (χ4n) is 5.52. The van der Waals surface area contributed by atoms with E-state index in [2.05, 4.69) is 36.4 Å². The molecule has 3 aliphatic carbocycles. The number of hydrogen-bond donors (Lipinski definition) is 1. The predicted octanol–water partition coefficient (Wildman–Crippen LogP) is 3.07. The van der Waals surface area contributed by atoms with Gasteiger partial charge in [-0.25, -0.2) is 0 Å². The maximum Gasteiger partial charge on any atom is 0.0270 e. The molecule has 1 aromatic heterocycles. The minimum atomic E-state index is 0.600. The molecule has 0 aromatic carbocycles. The first kappa shape index (κ1) is 11.9. The van der Waals surface area contributed by atoms with Crippen LogP contribution in [0.15, 0.2) is 24.5 Å². The predicted molar refractivity (Wildman–Crippen MR) is 76.8 cm³/mol. The Balaban J connectivity index is 1.54. The van der Waals surface area contributed by atoms with Crippen LogP contribution >= 0.6 is 0 Å². The fourth-order valence-corrected chi connectivity index (χ4v) is 5.52. The van der Waals surface area contributed by atoms with Crippen molar-refractivity contribution in [3.63, 3.8) is 0 Å². The van der Waals surface area contributed by atoms with Crippen LogP contribution < -0.4 is 5.32 Å². The number of hydrogen-bond acceptors (Lipinski definition) is 2. The Morgan fingerprint density at radius 1 is 1.16 bits per heavy atom. The maximum absolute atomic E-state index is 4.14. The van der Waals surface area contributed by atoms with Crippen molar-refractivity contribution < 1.29 is 0 Å². The number of nitrogens with one attached hydrogen (secondary N) is 1. The van der Waals surface area contributed by atoms with E-state index in [4.69, 9.17) is 0 Å². The Morgan fingerprint density at radius 3 is 2.37 bits per heavy atom. The van der Waals surface area contributed by atoms with E-state index in [0.29, 0.717) is 12.0 Å². The molecule has 6 atom stereocenters. The van der Waals surface area contributed by atoms with Gasteiger partial charge in [0.05, 0.1) is 0 Å². The Labute approximate surface area is 116 Å². The molecule has 1 N–H and O–H groups in total. The lowest BCUT2D eigenvalue weighted by molar-refractivity contribution is 0.346. The molecule has 102 valence electrons. The van der Waals surface area contributed by atoms with Gasteiger partial charge in [-0.05, 0) is 79.5 Å². The Bertz CT molecular complexity index is 442. The standard InChI is InChI=1S/C17H24N2/c1-10(11-5-7-19-8-6-11)17(18-2)16-14-12-3-4-13(9-12)15(14)16/h5-8,10,12-18H,3-4,9H2,1-2H3. The fraction of sp³-hybridized carbons (Fsp3) is 0.706. The molecule has 3 saturated carbocycles. The molecule has 2 bridgehead atoms. The lowest BCUT2D eigenvalue weighted by Crippen LogP contribution is -2.35. The first-order chi connectivity index (χ1) is 9.31. The second-order valence-electron chi connectivity index (χ2n) is 6.95. The van der Waals surface area contributed by atoms with Gasteiger partial charge in [0.15, 0.2) is 0 Å². The molecule has 1 aromatic rings. The zero-order valence-corrected chi connectivity index (χ0v) is 11.9. The maximum atomic E-state index is 4.14. The lowest BCUT2D eigenvalue weighted by atomic mass is 9.86. The third kappa shape index (κ3) is 1.69. The minimum absolute atomic E-state index is 0.600. The summed E-state index contributed by atoms with van der Waals surface area (Å²) in [6, 6.07) is 5.02. The first-order valence-electron chi connectivity index (χ1n) is 7.88. The quantitative estimate of drug-likeness (QED) is 0.895. The van der Waals surface area contributed by atoms with Crippen molar-refractivity contribution in [1.82, 2.24) is 10.3 Å². The topological polar surface area (TPSA) is 24.9 Å². The molecule has 0 radical (unpaired) electrons. The van der Waals surface area contributed by atoms with Crippen LogP contribution in [-0.4, -0.2) is 18.1 Å². The third-order valence-corrected chi connectivity index (χ3v) is 6.31. The monoisotopic (exact) mass is 256 g/mol. The molecule has 1 heterocycles. The van der Waals surface area contributed by atoms with Gasteiger partial charge in [0.25, 0.3) is 0 Å². The van der Waals surface area contributed by atoms with Crippen molar-refractivity contribution in [3.05, 3.63) is 30.1 Å². The summed E-state index contributed by atoms with van der Waals surface area (Å²) in [6.07, 6.45) is 8.43. The zero-order chi connectivity index (χ0) is 13.0. The first-order valence-corrected chi connectivity index (χ1v) is 7.88. The number of pyridine rings is 1. The molecule has 0 saturated heterocycles. The summed E-state index contributed by atoms with van der Waals surface area (Å²) in [5.74, 6) is 5.80. The van der Waals surface area contributed by atoms with Crippen molar-refractivity contribution in [3.8, 4) is 0 Å². The van der Waals surface area contributed by atoms with E-state index in [1.165, 1.54) is 18.4 Å². The molecule has 3 aliphatic rings. The summed E-state index contributed by atoms with van der Waals surface area (Å²) in [5, 5.41) is 3.64. The summed E-state index contributed by atoms with van der Waals surface area (Å²) < 4.78 is 0. The van der Waals surface area contributed by atoms with Gasteiger partial charge in [0, 0.05) is 18.4 Å². The molecule has 19 heavy (non-hydrogen) atoms. The second-order valence-corrected chi connectivity index (χ2v) is 6.95. The molecule has 0 amide bonds. The highest BCUT2D eigenvalue weighted by atomic mass is 14.9. The highest BCUT2D eigenvalue weighted by Gasteiger charge is 2.66. The van der Waals surface area contributed by atoms with Gasteiger partial charge in [-0.3, -0.25) is 4.98 Å². The minimum Gasteiger partial charge on any atom is -0.316 e. The highest BCUT2D eigenvalue weighted by Crippen LogP contribution is 2.71. The van der Waals surface area contributed by atoms with Crippen LogP contribution in [0, 0.1) is 29.6 Å². The second kappa shape index (κ2) is 4.31. The summed E-state index contributed by atoms with van der Waals surface area (Å²) in [4.78, 5) is 4.14. The van der Waals surface area contributed by atoms with Crippen molar-refractivity contribution >= 4 is 0 Å². The lowest BCUT2D eigenvalue weighted by Gasteiger charge is -2.26. The molecule has 2 heteroatoms. The van der Waals surface area contributed by atoms with Gasteiger partial charge in [-0.1, -0.05) is 6.92 Å². The van der Waals surface area contributed by atoms with Crippen molar-refractivity contribution in [1.29, 1.82) is 0 Å². The normalized spacial score (nSPS) is 41.9. The van der Waals surface area contributed by atoms with Crippen LogP contribution in [0.1, 0.15) is 37.7 Å². The Morgan fingerprint density at radius 2 is 1.79 bits per heavy atom. The summed E-state index contributed by atoms with van der Waals surface area (Å²) in [6.45, 7) is 2.38. The van der Waals surface area contributed by atoms with E-state index in [9.17, 15) is 0 Å². The van der Waals surface area contributed by atoms with Gasteiger partial charge >= 0.3 is 0 Å². The molecule has 0 aliphatic heterocycles. The van der Waals surface area contributed by atoms with Crippen LogP contribution in [0.3, 0.4) is 0 Å². The molecular formula is C17H24N2. The molecule has 0 spiro atoms.